The first-order valence-corrected chi connectivity index (χ1v) is 5.29. The number of esters is 1. The summed E-state index contributed by atoms with van der Waals surface area (Å²) >= 11 is 0. The second kappa shape index (κ2) is 7.37. The number of aliphatic hydroxyl groups excluding tert-OH is 1. The third-order valence-corrected chi connectivity index (χ3v) is 1.96. The predicted molar refractivity (Wildman–Crippen MR) is 55.3 cm³/mol. The molecule has 1 atom stereocenters. The number of carbonyl (C=O) groups excluding carboxylic acids is 1. The SMILES string of the molecule is C=C(C)C(=O)OCC(O)CS(=O)(=O)O.[NaH]. The van der Waals surface area contributed by atoms with Crippen LogP contribution in [-0.4, -0.2) is 72.1 Å². The van der Waals surface area contributed by atoms with Crippen molar-refractivity contribution < 1.29 is 27.6 Å². The Morgan fingerprint density at radius 1 is 1.53 bits per heavy atom. The van der Waals surface area contributed by atoms with Crippen molar-refractivity contribution in [2.75, 3.05) is 12.4 Å². The Bertz CT molecular complexity index is 322. The van der Waals surface area contributed by atoms with Crippen molar-refractivity contribution in [1.82, 2.24) is 0 Å². The van der Waals surface area contributed by atoms with E-state index in [-0.39, 0.29) is 35.1 Å². The predicted octanol–water partition coefficient (Wildman–Crippen LogP) is -1.29. The number of hydrogen-bond donors (Lipinski definition) is 2. The molecule has 0 aromatic carbocycles. The summed E-state index contributed by atoms with van der Waals surface area (Å²) in [6, 6.07) is 0. The minimum absolute atomic E-state index is 0. The Morgan fingerprint density at radius 2 is 2.00 bits per heavy atom. The zero-order valence-corrected chi connectivity index (χ0v) is 8.45. The van der Waals surface area contributed by atoms with Crippen LogP contribution in [0.15, 0.2) is 12.2 Å². The zero-order valence-electron chi connectivity index (χ0n) is 7.63. The summed E-state index contributed by atoms with van der Waals surface area (Å²) < 4.78 is 33.3. The molecule has 2 N–H and O–H groups in total. The van der Waals surface area contributed by atoms with E-state index in [1.54, 1.807) is 0 Å². The molecule has 0 spiro atoms. The minimum atomic E-state index is -4.26. The van der Waals surface area contributed by atoms with Gasteiger partial charge in [0.2, 0.25) is 0 Å². The van der Waals surface area contributed by atoms with Gasteiger partial charge in [0.15, 0.2) is 0 Å². The molecule has 8 heteroatoms. The van der Waals surface area contributed by atoms with Crippen LogP contribution >= 0.6 is 0 Å². The summed E-state index contributed by atoms with van der Waals surface area (Å²) in [5.74, 6) is -1.59. The van der Waals surface area contributed by atoms with Crippen LogP contribution < -0.4 is 0 Å². The van der Waals surface area contributed by atoms with Gasteiger partial charge >= 0.3 is 35.5 Å². The molecule has 0 heterocycles. The molecular formula is C7H13NaO6S. The quantitative estimate of drug-likeness (QED) is 0.271. The number of aliphatic hydroxyl groups is 1. The molecule has 0 aliphatic rings. The zero-order chi connectivity index (χ0) is 11.4. The van der Waals surface area contributed by atoms with Gasteiger partial charge in [-0.3, -0.25) is 4.55 Å². The molecule has 0 rings (SSSR count). The van der Waals surface area contributed by atoms with Gasteiger partial charge in [0, 0.05) is 5.57 Å². The number of ether oxygens (including phenoxy) is 1. The Balaban J connectivity index is 0. The second-order valence-electron chi connectivity index (χ2n) is 2.78. The average molecular weight is 248 g/mol. The van der Waals surface area contributed by atoms with Crippen molar-refractivity contribution in [3.8, 4) is 0 Å². The molecule has 0 radical (unpaired) electrons. The van der Waals surface area contributed by atoms with Crippen molar-refractivity contribution in [1.29, 1.82) is 0 Å². The average Bonchev–Trinajstić information content (AvgIpc) is 1.96. The van der Waals surface area contributed by atoms with Crippen LogP contribution in [-0.2, 0) is 19.6 Å². The first-order valence-electron chi connectivity index (χ1n) is 3.68. The molecule has 0 aliphatic carbocycles. The summed E-state index contributed by atoms with van der Waals surface area (Å²) in [6.45, 7) is 4.20. The van der Waals surface area contributed by atoms with Gasteiger partial charge in [0.05, 0.1) is 0 Å². The van der Waals surface area contributed by atoms with Crippen LogP contribution in [0.2, 0.25) is 0 Å². The summed E-state index contributed by atoms with van der Waals surface area (Å²) in [7, 11) is -4.26. The first kappa shape index (κ1) is 17.5. The van der Waals surface area contributed by atoms with E-state index in [0.29, 0.717) is 0 Å². The first-order chi connectivity index (χ1) is 6.22. The fourth-order valence-electron chi connectivity index (χ4n) is 0.586. The maximum atomic E-state index is 10.8. The molecule has 0 bridgehead atoms. The maximum absolute atomic E-state index is 10.8. The molecule has 0 fully saturated rings. The topological polar surface area (TPSA) is 101 Å². The number of carbonyl (C=O) groups is 1. The molecule has 0 saturated heterocycles. The molecule has 0 saturated carbocycles. The number of hydrogen-bond acceptors (Lipinski definition) is 5. The summed E-state index contributed by atoms with van der Waals surface area (Å²) in [5.41, 5.74) is 0.143. The third kappa shape index (κ3) is 10.4. The normalized spacial score (nSPS) is 12.5. The van der Waals surface area contributed by atoms with E-state index in [1.165, 1.54) is 6.92 Å². The van der Waals surface area contributed by atoms with Crippen molar-refractivity contribution in [3.63, 3.8) is 0 Å². The van der Waals surface area contributed by atoms with Gasteiger partial charge in [-0.05, 0) is 6.92 Å². The summed E-state index contributed by atoms with van der Waals surface area (Å²) in [6.07, 6.45) is -1.44. The fourth-order valence-corrected chi connectivity index (χ4v) is 1.17. The van der Waals surface area contributed by atoms with E-state index in [4.69, 9.17) is 9.66 Å². The van der Waals surface area contributed by atoms with Gasteiger partial charge in [-0.2, -0.15) is 8.42 Å². The van der Waals surface area contributed by atoms with Crippen LogP contribution in [0.5, 0.6) is 0 Å². The third-order valence-electron chi connectivity index (χ3n) is 1.16. The van der Waals surface area contributed by atoms with E-state index in [0.717, 1.165) is 0 Å². The van der Waals surface area contributed by atoms with Gasteiger partial charge in [0.1, 0.15) is 18.5 Å². The molecule has 0 aliphatic heterocycles. The molecule has 0 aromatic rings. The fraction of sp³-hybridized carbons (Fsp3) is 0.571. The van der Waals surface area contributed by atoms with Crippen LogP contribution in [0.1, 0.15) is 6.92 Å². The Morgan fingerprint density at radius 3 is 2.33 bits per heavy atom. The van der Waals surface area contributed by atoms with E-state index in [9.17, 15) is 13.2 Å². The van der Waals surface area contributed by atoms with Gasteiger partial charge in [-0.25, -0.2) is 4.79 Å². The van der Waals surface area contributed by atoms with Gasteiger partial charge in [-0.1, -0.05) is 6.58 Å². The van der Waals surface area contributed by atoms with Crippen molar-refractivity contribution >= 4 is 45.6 Å². The molecule has 84 valence electrons. The summed E-state index contributed by atoms with van der Waals surface area (Å²) in [5, 5.41) is 8.97. The van der Waals surface area contributed by atoms with Crippen molar-refractivity contribution in [2.45, 2.75) is 13.0 Å². The molecule has 0 aromatic heterocycles. The Hall–Kier alpha value is 0.0800. The standard InChI is InChI=1S/C7H12O6S.Na.H/c1-5(2)7(9)13-3-6(8)4-14(10,11)12;;/h6,8H,1,3-4H2,2H3,(H,10,11,12);;. The van der Waals surface area contributed by atoms with E-state index in [1.807, 2.05) is 0 Å². The van der Waals surface area contributed by atoms with Gasteiger partial charge < -0.3 is 9.84 Å². The Kier molecular flexibility index (Phi) is 8.58. The second-order valence-corrected chi connectivity index (χ2v) is 4.28. The molecule has 0 amide bonds. The molecular weight excluding hydrogens is 235 g/mol. The van der Waals surface area contributed by atoms with E-state index < -0.39 is 34.6 Å². The van der Waals surface area contributed by atoms with Gasteiger partial charge in [-0.15, -0.1) is 0 Å². The monoisotopic (exact) mass is 248 g/mol. The molecule has 1 unspecified atom stereocenters. The molecule has 6 nitrogen and oxygen atoms in total. The number of rotatable bonds is 5. The van der Waals surface area contributed by atoms with Gasteiger partial charge in [0.25, 0.3) is 10.1 Å². The van der Waals surface area contributed by atoms with Crippen LogP contribution in [0.4, 0.5) is 0 Å². The van der Waals surface area contributed by atoms with E-state index >= 15 is 0 Å². The van der Waals surface area contributed by atoms with Crippen molar-refractivity contribution in [2.24, 2.45) is 0 Å². The Labute approximate surface area is 110 Å². The van der Waals surface area contributed by atoms with Crippen molar-refractivity contribution in [3.05, 3.63) is 12.2 Å². The summed E-state index contributed by atoms with van der Waals surface area (Å²) in [4.78, 5) is 10.8. The van der Waals surface area contributed by atoms with E-state index in [2.05, 4.69) is 11.3 Å². The van der Waals surface area contributed by atoms with Crippen LogP contribution in [0.3, 0.4) is 0 Å². The molecule has 15 heavy (non-hydrogen) atoms. The van der Waals surface area contributed by atoms with Crippen LogP contribution in [0.25, 0.3) is 0 Å². The van der Waals surface area contributed by atoms with Crippen LogP contribution in [0, 0.1) is 0 Å².